The Bertz CT molecular complexity index is 1070. The van der Waals surface area contributed by atoms with Crippen LogP contribution < -0.4 is 0 Å². The average molecular weight is 455 g/mol. The van der Waals surface area contributed by atoms with E-state index in [0.29, 0.717) is 10.6 Å². The number of nitrogens with zero attached hydrogens (tertiary/aromatic N) is 3. The highest BCUT2D eigenvalue weighted by molar-refractivity contribution is 7.46. The third-order valence-electron chi connectivity index (χ3n) is 4.32. The number of benzene rings is 1. The number of aromatic nitrogens is 1. The van der Waals surface area contributed by atoms with Gasteiger partial charge in [0.1, 0.15) is 11.9 Å². The van der Waals surface area contributed by atoms with Gasteiger partial charge in [-0.3, -0.25) is 4.99 Å². The lowest BCUT2D eigenvalue weighted by molar-refractivity contribution is -0.139. The lowest BCUT2D eigenvalue weighted by atomic mass is 9.92. The summed E-state index contributed by atoms with van der Waals surface area (Å²) in [4.78, 5) is 40.1. The summed E-state index contributed by atoms with van der Waals surface area (Å²) in [5.41, 5.74) is 0.705. The fourth-order valence-corrected chi connectivity index (χ4v) is 4.03. The Morgan fingerprint density at radius 2 is 2.10 bits per heavy atom. The predicted octanol–water partition coefficient (Wildman–Crippen LogP) is 3.26. The van der Waals surface area contributed by atoms with Gasteiger partial charge >= 0.3 is 13.8 Å². The van der Waals surface area contributed by atoms with Gasteiger partial charge in [-0.25, -0.2) is 18.7 Å². The number of hydrogen-bond donors (Lipinski definition) is 2. The largest absolute Gasteiger partial charge is 0.491 e. The van der Waals surface area contributed by atoms with Crippen molar-refractivity contribution in [1.29, 1.82) is 0 Å². The Labute approximate surface area is 175 Å². The number of halogens is 1. The number of hydrogen-bond acceptors (Lipinski definition) is 8. The Morgan fingerprint density at radius 1 is 1.37 bits per heavy atom. The highest BCUT2D eigenvalue weighted by atomic mass is 32.1. The van der Waals surface area contributed by atoms with Crippen LogP contribution in [-0.2, 0) is 18.7 Å². The average Bonchev–Trinajstić information content (AvgIpc) is 3.19. The van der Waals surface area contributed by atoms with Gasteiger partial charge in [0.2, 0.25) is 0 Å². The van der Waals surface area contributed by atoms with E-state index in [0.717, 1.165) is 16.4 Å². The molecule has 1 aliphatic rings. The van der Waals surface area contributed by atoms with Crippen LogP contribution in [0.2, 0.25) is 0 Å². The summed E-state index contributed by atoms with van der Waals surface area (Å²) in [6, 6.07) is 3.41. The van der Waals surface area contributed by atoms with Gasteiger partial charge in [0, 0.05) is 11.6 Å². The number of thiazole rings is 1. The molecule has 1 aromatic carbocycles. The van der Waals surface area contributed by atoms with E-state index in [4.69, 9.17) is 9.36 Å². The molecule has 1 atom stereocenters. The van der Waals surface area contributed by atoms with Crippen molar-refractivity contribution >= 4 is 31.0 Å². The van der Waals surface area contributed by atoms with Crippen molar-refractivity contribution in [1.82, 2.24) is 10.0 Å². The number of carbonyl (C=O) groups is 1. The molecular weight excluding hydrogens is 436 g/mol. The topological polar surface area (TPSA) is 122 Å². The molecule has 0 unspecified atom stereocenters. The van der Waals surface area contributed by atoms with Crippen LogP contribution in [-0.4, -0.2) is 38.2 Å². The van der Waals surface area contributed by atoms with Crippen LogP contribution in [0.1, 0.15) is 36.0 Å². The molecule has 2 aromatic rings. The van der Waals surface area contributed by atoms with Gasteiger partial charge in [0.05, 0.1) is 17.9 Å². The third kappa shape index (κ3) is 4.50. The number of ether oxygens (including phenoxy) is 1. The van der Waals surface area contributed by atoms with Gasteiger partial charge in [-0.15, -0.1) is 11.3 Å². The van der Waals surface area contributed by atoms with Crippen LogP contribution in [0, 0.1) is 12.7 Å². The summed E-state index contributed by atoms with van der Waals surface area (Å²) < 4.78 is 35.8. The van der Waals surface area contributed by atoms with Crippen molar-refractivity contribution in [3.8, 4) is 0 Å². The number of allylic oxidation sites excluding steroid dienone is 1. The van der Waals surface area contributed by atoms with E-state index in [-0.39, 0.29) is 29.3 Å². The van der Waals surface area contributed by atoms with Crippen molar-refractivity contribution in [2.24, 2.45) is 4.99 Å². The highest BCUT2D eigenvalue weighted by Crippen LogP contribution is 2.44. The molecular formula is C18H19FN3O6PS. The minimum absolute atomic E-state index is 0.0208. The number of rotatable bonds is 6. The maximum Gasteiger partial charge on any atom is 0.491 e. The van der Waals surface area contributed by atoms with Gasteiger partial charge in [-0.1, -0.05) is 12.1 Å². The lowest BCUT2D eigenvalue weighted by Gasteiger charge is -2.33. The molecule has 0 radical (unpaired) electrons. The van der Waals surface area contributed by atoms with E-state index in [2.05, 4.69) is 9.98 Å². The summed E-state index contributed by atoms with van der Waals surface area (Å²) in [5, 5.41) is 2.72. The van der Waals surface area contributed by atoms with Gasteiger partial charge in [0.15, 0.2) is 10.8 Å². The Kier molecular flexibility index (Phi) is 6.49. The minimum atomic E-state index is -5.02. The number of aliphatic imine (C=N–C) groups is 1. The second-order valence-electron chi connectivity index (χ2n) is 6.23. The van der Waals surface area contributed by atoms with E-state index >= 15 is 0 Å². The molecule has 30 heavy (non-hydrogen) atoms. The van der Waals surface area contributed by atoms with Crippen LogP contribution in [0.5, 0.6) is 0 Å². The van der Waals surface area contributed by atoms with Gasteiger partial charge in [-0.2, -0.15) is 9.69 Å². The van der Waals surface area contributed by atoms with Crippen LogP contribution >= 0.6 is 19.2 Å². The molecule has 2 heterocycles. The zero-order chi connectivity index (χ0) is 22.1. The summed E-state index contributed by atoms with van der Waals surface area (Å²) in [6.45, 7) is 4.67. The van der Waals surface area contributed by atoms with E-state index in [9.17, 15) is 23.5 Å². The fraction of sp³-hybridized carbons (Fsp3) is 0.278. The van der Waals surface area contributed by atoms with Crippen LogP contribution in [0.15, 0.2) is 46.0 Å². The van der Waals surface area contributed by atoms with Gasteiger partial charge in [0.25, 0.3) is 0 Å². The minimum Gasteiger partial charge on any atom is -0.463 e. The summed E-state index contributed by atoms with van der Waals surface area (Å²) >= 11 is 1.16. The molecule has 9 nitrogen and oxygen atoms in total. The molecule has 1 aromatic heterocycles. The van der Waals surface area contributed by atoms with Crippen molar-refractivity contribution in [2.75, 3.05) is 6.61 Å². The zero-order valence-electron chi connectivity index (χ0n) is 16.3. The normalized spacial score (nSPS) is 17.2. The van der Waals surface area contributed by atoms with Crippen molar-refractivity contribution in [3.63, 3.8) is 0 Å². The third-order valence-corrected chi connectivity index (χ3v) is 5.47. The number of hydroxylamine groups is 2. The Morgan fingerprint density at radius 3 is 2.70 bits per heavy atom. The smallest absolute Gasteiger partial charge is 0.463 e. The SMILES string of the molecule is CCOC(=O)C1=C(C)N(OP(=O)(O)O)C(c2nccs2)=N[C@H]1c1cccc(F)c1C. The van der Waals surface area contributed by atoms with E-state index < -0.39 is 25.7 Å². The van der Waals surface area contributed by atoms with Crippen molar-refractivity contribution in [3.05, 3.63) is 63.0 Å². The molecule has 160 valence electrons. The highest BCUT2D eigenvalue weighted by Gasteiger charge is 2.39. The first kappa shape index (κ1) is 22.3. The maximum absolute atomic E-state index is 14.2. The molecule has 2 N–H and O–H groups in total. The van der Waals surface area contributed by atoms with Crippen LogP contribution in [0.3, 0.4) is 0 Å². The second kappa shape index (κ2) is 8.75. The first-order chi connectivity index (χ1) is 14.1. The standard InChI is InChI=1S/C18H19FN3O6PS/c1-4-27-18(23)14-11(3)22(28-29(24,25)26)16(17-20-8-9-30-17)21-15(14)12-6-5-7-13(19)10(12)2/h5-9,15H,4H2,1-3H3,(H2,24,25,26)/t15-/m0/s1. The molecule has 0 bridgehead atoms. The lowest BCUT2D eigenvalue weighted by Crippen LogP contribution is -2.37. The molecule has 0 amide bonds. The zero-order valence-corrected chi connectivity index (χ0v) is 18.0. The van der Waals surface area contributed by atoms with E-state index in [1.165, 1.54) is 25.3 Å². The number of amidine groups is 1. The van der Waals surface area contributed by atoms with Crippen molar-refractivity contribution in [2.45, 2.75) is 26.8 Å². The molecule has 0 saturated carbocycles. The fourth-order valence-electron chi connectivity index (χ4n) is 3.00. The van der Waals surface area contributed by atoms with Crippen LogP contribution in [0.4, 0.5) is 4.39 Å². The summed E-state index contributed by atoms with van der Waals surface area (Å²) in [5.74, 6) is -1.26. The molecule has 3 rings (SSSR count). The molecule has 0 spiro atoms. The maximum atomic E-state index is 14.2. The van der Waals surface area contributed by atoms with E-state index in [1.807, 2.05) is 0 Å². The number of phosphoric acid groups is 1. The second-order valence-corrected chi connectivity index (χ2v) is 8.27. The van der Waals surface area contributed by atoms with Crippen molar-refractivity contribution < 1.29 is 32.9 Å². The summed E-state index contributed by atoms with van der Waals surface area (Å²) in [7, 11) is -5.02. The van der Waals surface area contributed by atoms with Gasteiger partial charge < -0.3 is 14.5 Å². The van der Waals surface area contributed by atoms with Crippen LogP contribution in [0.25, 0.3) is 0 Å². The predicted molar refractivity (Wildman–Crippen MR) is 107 cm³/mol. The first-order valence-corrected chi connectivity index (χ1v) is 11.2. The molecule has 12 heteroatoms. The molecule has 0 fully saturated rings. The monoisotopic (exact) mass is 455 g/mol. The first-order valence-electron chi connectivity index (χ1n) is 8.80. The molecule has 0 saturated heterocycles. The summed E-state index contributed by atoms with van der Waals surface area (Å²) in [6.07, 6.45) is 1.49. The molecule has 0 aliphatic carbocycles. The number of carbonyl (C=O) groups excluding carboxylic acids is 1. The Balaban J connectivity index is 2.25. The Hall–Kier alpha value is -2.43. The quantitative estimate of drug-likeness (QED) is 0.503. The van der Waals surface area contributed by atoms with Gasteiger partial charge in [-0.05, 0) is 38.0 Å². The molecule has 1 aliphatic heterocycles. The number of esters is 1. The van der Waals surface area contributed by atoms with E-state index in [1.54, 1.807) is 25.3 Å².